The Bertz CT molecular complexity index is 1890. The number of carboxylic acid groups (broad SMARTS) is 1. The van der Waals surface area contributed by atoms with Crippen LogP contribution in [0.1, 0.15) is 76.9 Å². The largest absolute Gasteiger partial charge is 2.00 e. The van der Waals surface area contributed by atoms with Crippen LogP contribution in [0.25, 0.3) is 35.4 Å². The predicted molar refractivity (Wildman–Crippen MR) is 158 cm³/mol. The van der Waals surface area contributed by atoms with Crippen LogP contribution in [0.15, 0.2) is 5.70 Å². The summed E-state index contributed by atoms with van der Waals surface area (Å²) in [6.45, 7) is 12.0. The number of rotatable bonds is 3. The molecule has 4 atom stereocenters. The maximum atomic E-state index is 13.6. The number of Topliss-reactive ketones (excluding diaryl/α,β-unsaturated/α-hetero) is 1. The second kappa shape index (κ2) is 10.4. The quantitative estimate of drug-likeness (QED) is 0.366. The van der Waals surface area contributed by atoms with E-state index in [9.17, 15) is 19.8 Å². The molecule has 2 N–H and O–H groups in total. The van der Waals surface area contributed by atoms with E-state index in [1.54, 1.807) is 0 Å². The number of aliphatic hydroxyl groups is 1. The normalized spacial score (nSPS) is 26.0. The molecular formula is C32H32MgN4O4-2. The van der Waals surface area contributed by atoms with Gasteiger partial charge in [-0.25, -0.2) is 0 Å². The first-order valence-electron chi connectivity index (χ1n) is 13.8. The van der Waals surface area contributed by atoms with Crippen molar-refractivity contribution < 1.29 is 19.8 Å². The number of ketones is 1. The first-order valence-corrected chi connectivity index (χ1v) is 13.8. The van der Waals surface area contributed by atoms with Gasteiger partial charge in [0.1, 0.15) is 5.92 Å². The zero-order valence-electron chi connectivity index (χ0n) is 24.2. The summed E-state index contributed by atoms with van der Waals surface area (Å²) < 4.78 is 0. The van der Waals surface area contributed by atoms with Crippen LogP contribution < -0.4 is 36.2 Å². The van der Waals surface area contributed by atoms with Crippen molar-refractivity contribution in [2.45, 2.75) is 60.4 Å². The van der Waals surface area contributed by atoms with Crippen LogP contribution in [0.4, 0.5) is 0 Å². The fourth-order valence-corrected chi connectivity index (χ4v) is 6.76. The van der Waals surface area contributed by atoms with Crippen LogP contribution in [-0.2, 0) is 11.2 Å². The molecule has 3 aromatic heterocycles. The van der Waals surface area contributed by atoms with Crippen molar-refractivity contribution in [1.29, 1.82) is 0 Å². The van der Waals surface area contributed by atoms with Gasteiger partial charge in [-0.1, -0.05) is 79.3 Å². The maximum Gasteiger partial charge on any atom is 2.00 e. The summed E-state index contributed by atoms with van der Waals surface area (Å²) in [6, 6.07) is -0.472. The molecule has 0 radical (unpaired) electrons. The topological polar surface area (TPSA) is 131 Å². The SMILES string of the molecule is CCc1c2[n-]c(/c1=C\O)=C\c1[n-]c(c(C)c1C)/C=C1\[N-]C(C3=c4[n-]/c(c(C)c4C(=O)[C@@H]3C(=O)O)=C\2)[C@@H](CC)[C@@H]1C.[Mg+2]. The van der Waals surface area contributed by atoms with Crippen LogP contribution in [0.5, 0.6) is 0 Å². The molecule has 2 aliphatic heterocycles. The fourth-order valence-electron chi connectivity index (χ4n) is 6.76. The Balaban J connectivity index is 0.00000337. The van der Waals surface area contributed by atoms with Crippen molar-refractivity contribution in [1.82, 2.24) is 15.0 Å². The maximum absolute atomic E-state index is 13.6. The van der Waals surface area contributed by atoms with Gasteiger partial charge in [0.2, 0.25) is 0 Å². The van der Waals surface area contributed by atoms with E-state index in [1.807, 2.05) is 45.9 Å². The number of hydrogen-bond donors (Lipinski definition) is 2. The van der Waals surface area contributed by atoms with E-state index in [4.69, 9.17) is 20.3 Å². The smallest absolute Gasteiger partial charge is 0.681 e. The van der Waals surface area contributed by atoms with E-state index in [-0.39, 0.29) is 34.9 Å². The summed E-state index contributed by atoms with van der Waals surface area (Å²) in [4.78, 5) is 40.8. The van der Waals surface area contributed by atoms with Crippen molar-refractivity contribution in [2.75, 3.05) is 0 Å². The van der Waals surface area contributed by atoms with E-state index in [2.05, 4.69) is 13.8 Å². The number of hydrogen-bond acceptors (Lipinski definition) is 3. The molecule has 1 aliphatic carbocycles. The van der Waals surface area contributed by atoms with E-state index < -0.39 is 23.7 Å². The number of fused-ring (bicyclic) bond motifs is 8. The Hall–Kier alpha value is -3.43. The molecule has 1 saturated heterocycles. The molecule has 8 bridgehead atoms. The van der Waals surface area contributed by atoms with Gasteiger partial charge in [0, 0.05) is 5.56 Å². The van der Waals surface area contributed by atoms with Gasteiger partial charge in [-0.15, -0.1) is 33.1 Å². The monoisotopic (exact) mass is 560 g/mol. The molecular weight excluding hydrogens is 529 g/mol. The molecule has 8 nitrogen and oxygen atoms in total. The van der Waals surface area contributed by atoms with Crippen molar-refractivity contribution in [3.05, 3.63) is 77.2 Å². The number of aliphatic carboxylic acids is 1. The van der Waals surface area contributed by atoms with Gasteiger partial charge < -0.3 is 30.5 Å². The summed E-state index contributed by atoms with van der Waals surface area (Å²) >= 11 is 0. The van der Waals surface area contributed by atoms with Crippen LogP contribution >= 0.6 is 0 Å². The molecule has 9 heteroatoms. The van der Waals surface area contributed by atoms with E-state index in [0.717, 1.165) is 46.5 Å². The average molecular weight is 561 g/mol. The second-order valence-corrected chi connectivity index (χ2v) is 11.1. The van der Waals surface area contributed by atoms with Crippen LogP contribution in [0.2, 0.25) is 0 Å². The standard InChI is InChI=1S/C32H32N4O4.Mg/c1-7-17-15(5)22-9-20-13(3)14(4)21(33-20)10-25-19(12-37)18(8-2)24(34-25)11-23-16(6)26-30(36-23)27(29(17)35-22)28(31(26)38)32(39)40;/h9-12,15,17,28-29H,7-8H2,1-6H3,(H,37,38)(H,39,40);/q-4;+2/b22-9-,25-10-;/t15-,17-,28+,29?;/m0./s1. The van der Waals surface area contributed by atoms with Gasteiger partial charge in [0.15, 0.2) is 5.78 Å². The Labute approximate surface area is 254 Å². The van der Waals surface area contributed by atoms with Crippen molar-refractivity contribution in [3.63, 3.8) is 0 Å². The molecule has 1 unspecified atom stereocenters. The van der Waals surface area contributed by atoms with Crippen LogP contribution in [-0.4, -0.2) is 51.1 Å². The number of carbonyl (C=O) groups excluding carboxylic acids is 1. The van der Waals surface area contributed by atoms with E-state index >= 15 is 0 Å². The molecule has 0 amide bonds. The number of aromatic nitrogens is 3. The van der Waals surface area contributed by atoms with Gasteiger partial charge in [-0.05, 0) is 44.2 Å². The molecule has 0 spiro atoms. The second-order valence-electron chi connectivity index (χ2n) is 11.1. The third kappa shape index (κ3) is 4.15. The van der Waals surface area contributed by atoms with Gasteiger partial charge in [0.05, 0.1) is 6.26 Å². The number of allylic oxidation sites excluding steroid dienone is 1. The predicted octanol–water partition coefficient (Wildman–Crippen LogP) is 1.44. The van der Waals surface area contributed by atoms with Crippen molar-refractivity contribution in [3.8, 4) is 0 Å². The molecule has 5 heterocycles. The minimum absolute atomic E-state index is 0. The molecule has 208 valence electrons. The minimum atomic E-state index is -1.30. The van der Waals surface area contributed by atoms with E-state index in [1.165, 1.54) is 0 Å². The average Bonchev–Trinajstić information content (AvgIpc) is 3.66. The number of aliphatic hydroxyl groups excluding tert-OH is 1. The van der Waals surface area contributed by atoms with Crippen LogP contribution in [0, 0.1) is 38.5 Å². The molecule has 41 heavy (non-hydrogen) atoms. The first kappa shape index (κ1) is 29.1. The molecule has 0 aromatic carbocycles. The van der Waals surface area contributed by atoms with Crippen LogP contribution in [0.3, 0.4) is 0 Å². The molecule has 0 saturated carbocycles. The summed E-state index contributed by atoms with van der Waals surface area (Å²) in [5, 5.41) is 27.8. The van der Waals surface area contributed by atoms with Gasteiger partial charge in [-0.2, -0.15) is 5.70 Å². The molecule has 3 aromatic rings. The number of carbonyl (C=O) groups is 2. The van der Waals surface area contributed by atoms with Crippen molar-refractivity contribution in [2.24, 2.45) is 17.8 Å². The summed E-state index contributed by atoms with van der Waals surface area (Å²) in [5.74, 6) is -2.84. The Morgan fingerprint density at radius 2 is 1.61 bits per heavy atom. The molecule has 6 rings (SSSR count). The Morgan fingerprint density at radius 3 is 2.22 bits per heavy atom. The van der Waals surface area contributed by atoms with Crippen molar-refractivity contribution >= 4 is 64.9 Å². The van der Waals surface area contributed by atoms with Gasteiger partial charge in [0.25, 0.3) is 0 Å². The summed E-state index contributed by atoms with van der Waals surface area (Å²) in [5.41, 5.74) is 7.46. The summed E-state index contributed by atoms with van der Waals surface area (Å²) in [6.07, 6.45) is 8.21. The third-order valence-electron chi connectivity index (χ3n) is 9.20. The molecule has 3 aliphatic rings. The Kier molecular flexibility index (Phi) is 7.40. The van der Waals surface area contributed by atoms with E-state index in [0.29, 0.717) is 50.1 Å². The zero-order valence-corrected chi connectivity index (χ0v) is 25.7. The summed E-state index contributed by atoms with van der Waals surface area (Å²) in [7, 11) is 0. The fraction of sp³-hybridized carbons (Fsp3) is 0.375. The molecule has 1 fully saturated rings. The van der Waals surface area contributed by atoms with Gasteiger partial charge in [-0.3, -0.25) is 9.59 Å². The first-order chi connectivity index (χ1) is 19.1. The third-order valence-corrected chi connectivity index (χ3v) is 9.20. The number of nitrogens with zero attached hydrogens (tertiary/aromatic N) is 4. The van der Waals surface area contributed by atoms with Gasteiger partial charge >= 0.3 is 29.0 Å². The zero-order chi connectivity index (χ0) is 28.6. The number of carboxylic acids is 1. The minimum Gasteiger partial charge on any atom is -0.681 e. The Morgan fingerprint density at radius 1 is 0.951 bits per heavy atom.